The largest absolute Gasteiger partial charge is 0.312 e. The van der Waals surface area contributed by atoms with Crippen molar-refractivity contribution in [3.8, 4) is 0 Å². The molecule has 0 aromatic rings. The molecule has 4 nitrogen and oxygen atoms in total. The molecule has 1 rings (SSSR count). The summed E-state index contributed by atoms with van der Waals surface area (Å²) in [7, 11) is -0.797. The number of nitrogens with zero attached hydrogens (tertiary/aromatic N) is 1. The maximum atomic E-state index is 11.2. The molecule has 108 valence electrons. The number of hydrogen-bond acceptors (Lipinski definition) is 4. The van der Waals surface area contributed by atoms with Crippen molar-refractivity contribution in [2.75, 3.05) is 32.1 Å². The molecule has 1 aliphatic carbocycles. The van der Waals surface area contributed by atoms with Gasteiger partial charge in [0.1, 0.15) is 9.84 Å². The lowest BCUT2D eigenvalue weighted by Crippen LogP contribution is -2.51. The molecule has 1 N–H and O–H groups in total. The lowest BCUT2D eigenvalue weighted by Gasteiger charge is -2.38. The van der Waals surface area contributed by atoms with E-state index in [9.17, 15) is 8.42 Å². The fraction of sp³-hybridized carbons (Fsp3) is 1.00. The van der Waals surface area contributed by atoms with Gasteiger partial charge < -0.3 is 10.2 Å². The lowest BCUT2D eigenvalue weighted by atomic mass is 9.89. The van der Waals surface area contributed by atoms with Crippen LogP contribution in [-0.4, -0.2) is 57.5 Å². The second-order valence-electron chi connectivity index (χ2n) is 5.52. The summed E-state index contributed by atoms with van der Waals surface area (Å²) in [5.41, 5.74) is 0. The highest BCUT2D eigenvalue weighted by Gasteiger charge is 2.27. The topological polar surface area (TPSA) is 49.4 Å². The van der Waals surface area contributed by atoms with Gasteiger partial charge in [-0.2, -0.15) is 0 Å². The van der Waals surface area contributed by atoms with Crippen LogP contribution < -0.4 is 5.32 Å². The molecule has 0 bridgehead atoms. The van der Waals surface area contributed by atoms with Crippen molar-refractivity contribution >= 4 is 9.84 Å². The minimum atomic E-state index is -2.85. The summed E-state index contributed by atoms with van der Waals surface area (Å²) in [6.45, 7) is 3.88. The van der Waals surface area contributed by atoms with Crippen LogP contribution in [0.2, 0.25) is 0 Å². The second kappa shape index (κ2) is 7.46. The minimum Gasteiger partial charge on any atom is -0.312 e. The maximum Gasteiger partial charge on any atom is 0.148 e. The van der Waals surface area contributed by atoms with E-state index in [2.05, 4.69) is 24.2 Å². The van der Waals surface area contributed by atoms with Crippen LogP contribution in [0, 0.1) is 0 Å². The Balaban J connectivity index is 2.48. The van der Waals surface area contributed by atoms with E-state index in [4.69, 9.17) is 0 Å². The molecule has 1 saturated carbocycles. The van der Waals surface area contributed by atoms with Gasteiger partial charge >= 0.3 is 0 Å². The summed E-state index contributed by atoms with van der Waals surface area (Å²) >= 11 is 0. The zero-order valence-corrected chi connectivity index (χ0v) is 12.8. The van der Waals surface area contributed by atoms with Crippen molar-refractivity contribution in [3.63, 3.8) is 0 Å². The Kier molecular flexibility index (Phi) is 6.60. The standard InChI is InChI=1S/C13H28N2O2S/c1-4-9-14-12-7-5-6-8-13(12)15(2)10-11-18(3,16)17/h12-14H,4-11H2,1-3H3. The molecule has 2 atom stereocenters. The molecule has 2 unspecified atom stereocenters. The lowest BCUT2D eigenvalue weighted by molar-refractivity contribution is 0.156. The van der Waals surface area contributed by atoms with Crippen LogP contribution >= 0.6 is 0 Å². The number of likely N-dealkylation sites (N-methyl/N-ethyl adjacent to an activating group) is 1. The first kappa shape index (κ1) is 15.9. The zero-order chi connectivity index (χ0) is 13.6. The van der Waals surface area contributed by atoms with Crippen LogP contribution in [0.4, 0.5) is 0 Å². The average Bonchev–Trinajstić information content (AvgIpc) is 2.33. The molecule has 18 heavy (non-hydrogen) atoms. The summed E-state index contributed by atoms with van der Waals surface area (Å²) < 4.78 is 22.5. The van der Waals surface area contributed by atoms with Gasteiger partial charge in [-0.3, -0.25) is 0 Å². The van der Waals surface area contributed by atoms with Gasteiger partial charge in [0.25, 0.3) is 0 Å². The van der Waals surface area contributed by atoms with Gasteiger partial charge in [0.05, 0.1) is 5.75 Å². The first-order chi connectivity index (χ1) is 8.44. The number of nitrogens with one attached hydrogen (secondary N) is 1. The first-order valence-electron chi connectivity index (χ1n) is 7.05. The summed E-state index contributed by atoms with van der Waals surface area (Å²) in [4.78, 5) is 2.23. The van der Waals surface area contributed by atoms with Crippen molar-refractivity contribution in [1.82, 2.24) is 10.2 Å². The second-order valence-corrected chi connectivity index (χ2v) is 7.78. The average molecular weight is 276 g/mol. The van der Waals surface area contributed by atoms with Crippen LogP contribution in [0.5, 0.6) is 0 Å². The summed E-state index contributed by atoms with van der Waals surface area (Å²) in [6, 6.07) is 1.02. The maximum absolute atomic E-state index is 11.2. The SMILES string of the molecule is CCCNC1CCCCC1N(C)CCS(C)(=O)=O. The molecule has 5 heteroatoms. The summed E-state index contributed by atoms with van der Waals surface area (Å²) in [6.07, 6.45) is 7.41. The van der Waals surface area contributed by atoms with Crippen LogP contribution in [0.25, 0.3) is 0 Å². The van der Waals surface area contributed by atoms with E-state index in [0.717, 1.165) is 13.0 Å². The van der Waals surface area contributed by atoms with Crippen LogP contribution in [0.3, 0.4) is 0 Å². The summed E-state index contributed by atoms with van der Waals surface area (Å²) in [5, 5.41) is 3.61. The van der Waals surface area contributed by atoms with E-state index in [1.807, 2.05) is 0 Å². The van der Waals surface area contributed by atoms with E-state index in [-0.39, 0.29) is 5.75 Å². The Hall–Kier alpha value is -0.130. The van der Waals surface area contributed by atoms with Crippen molar-refractivity contribution < 1.29 is 8.42 Å². The third kappa shape index (κ3) is 5.67. The van der Waals surface area contributed by atoms with Crippen LogP contribution in [0.15, 0.2) is 0 Å². The third-order valence-corrected chi connectivity index (χ3v) is 4.69. The Morgan fingerprint density at radius 1 is 1.28 bits per heavy atom. The van der Waals surface area contributed by atoms with Crippen molar-refractivity contribution in [2.24, 2.45) is 0 Å². The first-order valence-corrected chi connectivity index (χ1v) is 9.11. The highest BCUT2D eigenvalue weighted by atomic mass is 32.2. The van der Waals surface area contributed by atoms with Gasteiger partial charge in [-0.1, -0.05) is 19.8 Å². The monoisotopic (exact) mass is 276 g/mol. The molecule has 0 saturated heterocycles. The Morgan fingerprint density at radius 2 is 1.94 bits per heavy atom. The van der Waals surface area contributed by atoms with Gasteiger partial charge in [0.15, 0.2) is 0 Å². The van der Waals surface area contributed by atoms with Crippen molar-refractivity contribution in [1.29, 1.82) is 0 Å². The van der Waals surface area contributed by atoms with Gasteiger partial charge in [0.2, 0.25) is 0 Å². The molecule has 0 aliphatic heterocycles. The Labute approximate surface area is 112 Å². The fourth-order valence-corrected chi connectivity index (χ4v) is 3.30. The fourth-order valence-electron chi connectivity index (χ4n) is 2.68. The van der Waals surface area contributed by atoms with Crippen molar-refractivity contribution in [3.05, 3.63) is 0 Å². The van der Waals surface area contributed by atoms with Gasteiger partial charge in [0, 0.05) is 24.9 Å². The molecule has 1 aliphatic rings. The highest BCUT2D eigenvalue weighted by molar-refractivity contribution is 7.90. The number of sulfone groups is 1. The molecular formula is C13H28N2O2S. The van der Waals surface area contributed by atoms with E-state index in [0.29, 0.717) is 18.6 Å². The predicted molar refractivity (Wildman–Crippen MR) is 76.7 cm³/mol. The Morgan fingerprint density at radius 3 is 2.56 bits per heavy atom. The van der Waals surface area contributed by atoms with Gasteiger partial charge in [-0.05, 0) is 32.9 Å². The Bertz CT molecular complexity index is 330. The normalized spacial score (nSPS) is 25.6. The van der Waals surface area contributed by atoms with Crippen LogP contribution in [-0.2, 0) is 9.84 Å². The highest BCUT2D eigenvalue weighted by Crippen LogP contribution is 2.22. The smallest absolute Gasteiger partial charge is 0.148 e. The van der Waals surface area contributed by atoms with E-state index < -0.39 is 9.84 Å². The molecule has 0 heterocycles. The van der Waals surface area contributed by atoms with Gasteiger partial charge in [-0.15, -0.1) is 0 Å². The molecule has 0 amide bonds. The number of rotatable bonds is 7. The quantitative estimate of drug-likeness (QED) is 0.761. The zero-order valence-electron chi connectivity index (χ0n) is 12.0. The van der Waals surface area contributed by atoms with E-state index in [1.54, 1.807) is 0 Å². The minimum absolute atomic E-state index is 0.264. The number of hydrogen-bond donors (Lipinski definition) is 1. The molecule has 0 aromatic heterocycles. The van der Waals surface area contributed by atoms with Crippen molar-refractivity contribution in [2.45, 2.75) is 51.1 Å². The molecular weight excluding hydrogens is 248 g/mol. The van der Waals surface area contributed by atoms with E-state index in [1.165, 1.54) is 31.9 Å². The predicted octanol–water partition coefficient (Wildman–Crippen LogP) is 1.27. The van der Waals surface area contributed by atoms with E-state index >= 15 is 0 Å². The van der Waals surface area contributed by atoms with Gasteiger partial charge in [-0.25, -0.2) is 8.42 Å². The molecule has 0 radical (unpaired) electrons. The summed E-state index contributed by atoms with van der Waals surface area (Å²) in [5.74, 6) is 0.264. The molecule has 1 fully saturated rings. The van der Waals surface area contributed by atoms with Crippen LogP contribution in [0.1, 0.15) is 39.0 Å². The molecule has 0 aromatic carbocycles. The molecule has 0 spiro atoms. The third-order valence-electron chi connectivity index (χ3n) is 3.77.